The van der Waals surface area contributed by atoms with Crippen LogP contribution in [0.1, 0.15) is 89.9 Å². The summed E-state index contributed by atoms with van der Waals surface area (Å²) in [7, 11) is 0. The van der Waals surface area contributed by atoms with Crippen LogP contribution in [0.15, 0.2) is 0 Å². The van der Waals surface area contributed by atoms with Crippen LogP contribution < -0.4 is 5.32 Å². The second kappa shape index (κ2) is 9.52. The Morgan fingerprint density at radius 3 is 1.95 bits per heavy atom. The van der Waals surface area contributed by atoms with E-state index in [2.05, 4.69) is 5.32 Å². The summed E-state index contributed by atoms with van der Waals surface area (Å²) in [6.07, 6.45) is 19.1. The maximum absolute atomic E-state index is 5.67. The van der Waals surface area contributed by atoms with Gasteiger partial charge in [0.2, 0.25) is 0 Å². The molecule has 2 fully saturated rings. The molecule has 3 heteroatoms. The number of rotatable bonds is 2. The van der Waals surface area contributed by atoms with Crippen molar-refractivity contribution in [1.29, 1.82) is 0 Å². The molecule has 1 aliphatic carbocycles. The van der Waals surface area contributed by atoms with Crippen LogP contribution in [-0.4, -0.2) is 16.3 Å². The van der Waals surface area contributed by atoms with Gasteiger partial charge in [0, 0.05) is 0 Å². The highest BCUT2D eigenvalue weighted by Gasteiger charge is 2.40. The van der Waals surface area contributed by atoms with E-state index in [1.165, 1.54) is 89.9 Å². The fourth-order valence-corrected chi connectivity index (χ4v) is 5.00. The monoisotopic (exact) mass is 327 g/mol. The highest BCUT2D eigenvalue weighted by Crippen LogP contribution is 2.37. The molecule has 1 saturated heterocycles. The Morgan fingerprint density at radius 1 is 0.810 bits per heavy atom. The summed E-state index contributed by atoms with van der Waals surface area (Å²) in [5, 5.41) is 3.90. The van der Waals surface area contributed by atoms with E-state index < -0.39 is 0 Å². The molecule has 0 radical (unpaired) electrons. The lowest BCUT2D eigenvalue weighted by molar-refractivity contribution is 0.240. The molecular weight excluding hydrogens is 294 g/mol. The molecule has 0 aromatic rings. The molecule has 1 saturated carbocycles. The second-order valence-corrected chi connectivity index (χ2v) is 8.27. The Bertz CT molecular complexity index is 296. The quantitative estimate of drug-likeness (QED) is 0.500. The maximum atomic E-state index is 5.67. The zero-order chi connectivity index (χ0) is 15.0. The van der Waals surface area contributed by atoms with Gasteiger partial charge in [-0.3, -0.25) is 0 Å². The lowest BCUT2D eigenvalue weighted by atomic mass is 9.75. The minimum absolute atomic E-state index is 0.0348. The van der Waals surface area contributed by atoms with E-state index >= 15 is 0 Å². The van der Waals surface area contributed by atoms with Gasteiger partial charge in [-0.05, 0) is 38.1 Å². The standard InChI is InChI=1S/C18H33NS2/c20-17(21)18(14-10-6-3-7-11-15-19-18)16-12-8-4-1-2-5-9-13-16/h16,19H,1-15H2,(H,20,21). The minimum atomic E-state index is 0.0348. The number of hydrogen-bond donors (Lipinski definition) is 2. The van der Waals surface area contributed by atoms with E-state index in [4.69, 9.17) is 24.8 Å². The van der Waals surface area contributed by atoms with E-state index in [0.717, 1.165) is 10.7 Å². The van der Waals surface area contributed by atoms with Gasteiger partial charge in [0.25, 0.3) is 0 Å². The van der Waals surface area contributed by atoms with Gasteiger partial charge >= 0.3 is 0 Å². The lowest BCUT2D eigenvalue weighted by Gasteiger charge is -2.41. The minimum Gasteiger partial charge on any atom is -0.306 e. The summed E-state index contributed by atoms with van der Waals surface area (Å²) in [6, 6.07) is 0. The van der Waals surface area contributed by atoms with Crippen molar-refractivity contribution in [1.82, 2.24) is 5.32 Å². The predicted molar refractivity (Wildman–Crippen MR) is 100 cm³/mol. The number of hydrogen-bond acceptors (Lipinski definition) is 2. The van der Waals surface area contributed by atoms with E-state index in [-0.39, 0.29) is 5.54 Å². The van der Waals surface area contributed by atoms with Crippen molar-refractivity contribution in [3.8, 4) is 0 Å². The molecular formula is C18H33NS2. The summed E-state index contributed by atoms with van der Waals surface area (Å²) in [4.78, 5) is 0. The summed E-state index contributed by atoms with van der Waals surface area (Å²) in [6.45, 7) is 1.12. The topological polar surface area (TPSA) is 12.0 Å². The van der Waals surface area contributed by atoms with E-state index in [1.54, 1.807) is 0 Å². The number of nitrogens with one attached hydrogen (secondary N) is 1. The van der Waals surface area contributed by atoms with Crippen molar-refractivity contribution in [2.24, 2.45) is 5.92 Å². The third-order valence-corrected chi connectivity index (χ3v) is 6.39. The molecule has 1 heterocycles. The molecule has 0 bridgehead atoms. The number of thiol groups is 1. The second-order valence-electron chi connectivity index (χ2n) is 7.12. The highest BCUT2D eigenvalue weighted by molar-refractivity contribution is 8.11. The fraction of sp³-hybridized carbons (Fsp3) is 0.944. The normalized spacial score (nSPS) is 31.1. The molecule has 2 aliphatic rings. The van der Waals surface area contributed by atoms with Gasteiger partial charge in [-0.2, -0.15) is 0 Å². The summed E-state index contributed by atoms with van der Waals surface area (Å²) in [5.74, 6) is 0.707. The molecule has 1 N–H and O–H groups in total. The van der Waals surface area contributed by atoms with Crippen LogP contribution >= 0.6 is 24.8 Å². The predicted octanol–water partition coefficient (Wildman–Crippen LogP) is 5.68. The molecule has 1 atom stereocenters. The molecule has 2 rings (SSSR count). The maximum Gasteiger partial charge on any atom is 0.0652 e. The van der Waals surface area contributed by atoms with Crippen LogP contribution in [0.3, 0.4) is 0 Å². The van der Waals surface area contributed by atoms with Crippen LogP contribution in [0.5, 0.6) is 0 Å². The van der Waals surface area contributed by atoms with Gasteiger partial charge < -0.3 is 5.32 Å². The Morgan fingerprint density at radius 2 is 1.33 bits per heavy atom. The van der Waals surface area contributed by atoms with Crippen LogP contribution in [0, 0.1) is 5.92 Å². The molecule has 0 aromatic heterocycles. The van der Waals surface area contributed by atoms with Gasteiger partial charge in [0.15, 0.2) is 0 Å². The smallest absolute Gasteiger partial charge is 0.0652 e. The molecule has 0 spiro atoms. The van der Waals surface area contributed by atoms with Crippen molar-refractivity contribution in [2.45, 2.75) is 95.4 Å². The van der Waals surface area contributed by atoms with Gasteiger partial charge in [0.1, 0.15) is 0 Å². The molecule has 21 heavy (non-hydrogen) atoms. The van der Waals surface area contributed by atoms with Gasteiger partial charge in [-0.15, -0.1) is 12.6 Å². The van der Waals surface area contributed by atoms with Crippen molar-refractivity contribution in [3.63, 3.8) is 0 Å². The SMILES string of the molecule is S=C(S)C1(C2CCCCCCCC2)CCCCCCCN1. The molecule has 1 nitrogen and oxygen atoms in total. The first kappa shape index (κ1) is 17.7. The molecule has 1 unspecified atom stereocenters. The van der Waals surface area contributed by atoms with Gasteiger partial charge in [0.05, 0.1) is 9.74 Å². The molecule has 0 aromatic carbocycles. The van der Waals surface area contributed by atoms with Crippen LogP contribution in [0.2, 0.25) is 0 Å². The van der Waals surface area contributed by atoms with Crippen molar-refractivity contribution >= 4 is 29.0 Å². The average Bonchev–Trinajstić information content (AvgIpc) is 2.69. The largest absolute Gasteiger partial charge is 0.306 e. The number of thiocarbonyl (C=S) groups is 1. The van der Waals surface area contributed by atoms with Crippen molar-refractivity contribution in [2.75, 3.05) is 6.54 Å². The van der Waals surface area contributed by atoms with E-state index in [1.807, 2.05) is 0 Å². The zero-order valence-corrected chi connectivity index (χ0v) is 15.3. The van der Waals surface area contributed by atoms with Crippen molar-refractivity contribution < 1.29 is 0 Å². The molecule has 122 valence electrons. The first-order valence-corrected chi connectivity index (χ1v) is 10.1. The Kier molecular flexibility index (Phi) is 8.05. The van der Waals surface area contributed by atoms with Gasteiger partial charge in [-0.1, -0.05) is 76.4 Å². The van der Waals surface area contributed by atoms with Crippen LogP contribution in [0.25, 0.3) is 0 Å². The van der Waals surface area contributed by atoms with E-state index in [9.17, 15) is 0 Å². The first-order chi connectivity index (χ1) is 10.3. The zero-order valence-electron chi connectivity index (χ0n) is 13.5. The summed E-state index contributed by atoms with van der Waals surface area (Å²) >= 11 is 10.4. The molecule has 0 amide bonds. The third-order valence-electron chi connectivity index (χ3n) is 5.62. The third kappa shape index (κ3) is 5.21. The van der Waals surface area contributed by atoms with Crippen LogP contribution in [0.4, 0.5) is 0 Å². The highest BCUT2D eigenvalue weighted by atomic mass is 32.1. The first-order valence-electron chi connectivity index (χ1n) is 9.24. The molecule has 1 aliphatic heterocycles. The Balaban J connectivity index is 2.13. The summed E-state index contributed by atoms with van der Waals surface area (Å²) in [5.41, 5.74) is 0.0348. The van der Waals surface area contributed by atoms with Gasteiger partial charge in [-0.25, -0.2) is 0 Å². The van der Waals surface area contributed by atoms with Crippen molar-refractivity contribution in [3.05, 3.63) is 0 Å². The van der Waals surface area contributed by atoms with E-state index in [0.29, 0.717) is 5.92 Å². The fourth-order valence-electron chi connectivity index (χ4n) is 4.29. The Hall–Kier alpha value is 0.400. The lowest BCUT2D eigenvalue weighted by Crippen LogP contribution is -2.55. The summed E-state index contributed by atoms with van der Waals surface area (Å²) < 4.78 is 0.939. The van der Waals surface area contributed by atoms with Crippen LogP contribution in [-0.2, 0) is 0 Å². The Labute approximate surface area is 142 Å². The average molecular weight is 328 g/mol.